The Kier molecular flexibility index (Phi) is 10.8. The molecular weight excluding hydrogens is 403 g/mol. The molecule has 28 heavy (non-hydrogen) atoms. The molecule has 2 heterocycles. The van der Waals surface area contributed by atoms with E-state index in [1.54, 1.807) is 12.1 Å². The van der Waals surface area contributed by atoms with Crippen molar-refractivity contribution in [2.45, 2.75) is 18.9 Å². The maximum Gasteiger partial charge on any atom is 0.256 e. The van der Waals surface area contributed by atoms with Crippen LogP contribution in [0.25, 0.3) is 0 Å². The van der Waals surface area contributed by atoms with E-state index in [1.807, 2.05) is 17.0 Å². The van der Waals surface area contributed by atoms with Gasteiger partial charge in [0.15, 0.2) is 0 Å². The number of likely N-dealkylation sites (N-methyl/N-ethyl adjacent to an activating group) is 1. The van der Waals surface area contributed by atoms with Gasteiger partial charge in [0.2, 0.25) is 5.91 Å². The summed E-state index contributed by atoms with van der Waals surface area (Å²) in [5.41, 5.74) is 1.13. The van der Waals surface area contributed by atoms with Crippen LogP contribution in [-0.4, -0.2) is 80.6 Å². The average Bonchev–Trinajstić information content (AvgIpc) is 2.87. The number of nitrogens with zero attached hydrogens (tertiary/aromatic N) is 2. The highest BCUT2D eigenvalue weighted by Crippen LogP contribution is 2.19. The highest BCUT2D eigenvalue weighted by Gasteiger charge is 2.23. The Bertz CT molecular complexity index is 641. The van der Waals surface area contributed by atoms with Gasteiger partial charge in [0, 0.05) is 38.6 Å². The Morgan fingerprint density at radius 1 is 1.18 bits per heavy atom. The Balaban J connectivity index is 0.00000196. The second-order valence-electron chi connectivity index (χ2n) is 6.97. The maximum atomic E-state index is 13.0. The number of nitrogens with one attached hydrogen (secondary N) is 2. The molecule has 0 aromatic heterocycles. The van der Waals surface area contributed by atoms with Crippen LogP contribution in [0.5, 0.6) is 0 Å². The van der Waals surface area contributed by atoms with Gasteiger partial charge in [-0.1, -0.05) is 12.1 Å². The van der Waals surface area contributed by atoms with E-state index in [0.29, 0.717) is 37.4 Å². The average molecular weight is 433 g/mol. The van der Waals surface area contributed by atoms with E-state index < -0.39 is 0 Å². The number of morpholine rings is 1. The van der Waals surface area contributed by atoms with Crippen molar-refractivity contribution in [1.82, 2.24) is 15.1 Å². The molecule has 2 amide bonds. The number of carbonyl (C=O) groups is 2. The Morgan fingerprint density at radius 3 is 2.71 bits per heavy atom. The van der Waals surface area contributed by atoms with Crippen molar-refractivity contribution in [3.05, 3.63) is 29.8 Å². The summed E-state index contributed by atoms with van der Waals surface area (Å²) in [4.78, 5) is 29.5. The molecule has 2 aliphatic heterocycles. The molecule has 0 saturated carbocycles. The van der Waals surface area contributed by atoms with Gasteiger partial charge in [-0.05, 0) is 32.1 Å². The minimum absolute atomic E-state index is 0. The number of para-hydroxylation sites is 1. The predicted octanol–water partition coefficient (Wildman–Crippen LogP) is 1.62. The fraction of sp³-hybridized carbons (Fsp3) is 0.579. The number of hydrogen-bond acceptors (Lipinski definition) is 5. The van der Waals surface area contributed by atoms with Gasteiger partial charge < -0.3 is 25.2 Å². The van der Waals surface area contributed by atoms with Crippen LogP contribution in [0.3, 0.4) is 0 Å². The summed E-state index contributed by atoms with van der Waals surface area (Å²) in [6.45, 7) is 5.30. The molecule has 158 valence electrons. The monoisotopic (exact) mass is 432 g/mol. The van der Waals surface area contributed by atoms with Crippen molar-refractivity contribution < 1.29 is 14.3 Å². The molecule has 2 fully saturated rings. The van der Waals surface area contributed by atoms with Crippen molar-refractivity contribution >= 4 is 42.3 Å². The van der Waals surface area contributed by atoms with Crippen LogP contribution in [0.2, 0.25) is 0 Å². The molecule has 0 aliphatic carbocycles. The van der Waals surface area contributed by atoms with Gasteiger partial charge in [0.05, 0.1) is 24.5 Å². The van der Waals surface area contributed by atoms with E-state index in [2.05, 4.69) is 22.6 Å². The van der Waals surface area contributed by atoms with Gasteiger partial charge in [-0.2, -0.15) is 0 Å². The molecule has 0 spiro atoms. The molecule has 0 bridgehead atoms. The zero-order chi connectivity index (χ0) is 18.4. The van der Waals surface area contributed by atoms with Gasteiger partial charge >= 0.3 is 0 Å². The first-order valence-corrected chi connectivity index (χ1v) is 9.31. The van der Waals surface area contributed by atoms with Crippen molar-refractivity contribution in [3.63, 3.8) is 0 Å². The number of amides is 2. The molecule has 7 nitrogen and oxygen atoms in total. The van der Waals surface area contributed by atoms with Crippen LogP contribution in [0.15, 0.2) is 24.3 Å². The Labute approximate surface area is 179 Å². The standard InChI is InChI=1S/C19H28N4O3.2ClH/c1-22-8-4-9-23(11-10-22)19(25)16-5-2-3-6-17(16)21-18(24)13-15-14-26-12-7-20-15;;/h2-3,5-6,15,20H,4,7-14H2,1H3,(H,21,24);2*1H. The summed E-state index contributed by atoms with van der Waals surface area (Å²) >= 11 is 0. The maximum absolute atomic E-state index is 13.0. The number of rotatable bonds is 4. The second kappa shape index (κ2) is 12.2. The van der Waals surface area contributed by atoms with E-state index in [0.717, 1.165) is 32.6 Å². The quantitative estimate of drug-likeness (QED) is 0.755. The molecule has 2 aliphatic rings. The number of benzene rings is 1. The SMILES string of the molecule is CN1CCCN(C(=O)c2ccccc2NC(=O)CC2COCCN2)CC1.Cl.Cl. The largest absolute Gasteiger partial charge is 0.378 e. The van der Waals surface area contributed by atoms with Crippen molar-refractivity contribution in [2.24, 2.45) is 0 Å². The van der Waals surface area contributed by atoms with Gasteiger partial charge in [-0.3, -0.25) is 9.59 Å². The normalized spacial score (nSPS) is 20.3. The molecule has 1 aromatic rings. The first-order valence-electron chi connectivity index (χ1n) is 9.31. The molecule has 2 saturated heterocycles. The zero-order valence-electron chi connectivity index (χ0n) is 16.2. The highest BCUT2D eigenvalue weighted by atomic mass is 35.5. The lowest BCUT2D eigenvalue weighted by atomic mass is 10.1. The number of anilines is 1. The predicted molar refractivity (Wildman–Crippen MR) is 115 cm³/mol. The Morgan fingerprint density at radius 2 is 1.96 bits per heavy atom. The molecule has 2 N–H and O–H groups in total. The van der Waals surface area contributed by atoms with Gasteiger partial charge in [-0.25, -0.2) is 0 Å². The zero-order valence-corrected chi connectivity index (χ0v) is 17.8. The van der Waals surface area contributed by atoms with E-state index in [9.17, 15) is 9.59 Å². The number of ether oxygens (including phenoxy) is 1. The van der Waals surface area contributed by atoms with E-state index in [1.165, 1.54) is 0 Å². The van der Waals surface area contributed by atoms with Crippen LogP contribution in [0, 0.1) is 0 Å². The van der Waals surface area contributed by atoms with Crippen molar-refractivity contribution in [2.75, 3.05) is 58.3 Å². The number of hydrogen-bond donors (Lipinski definition) is 2. The van der Waals surface area contributed by atoms with Crippen molar-refractivity contribution in [1.29, 1.82) is 0 Å². The van der Waals surface area contributed by atoms with Crippen LogP contribution in [0.1, 0.15) is 23.2 Å². The molecule has 0 radical (unpaired) electrons. The summed E-state index contributed by atoms with van der Waals surface area (Å²) in [7, 11) is 2.07. The third kappa shape index (κ3) is 6.90. The fourth-order valence-corrected chi connectivity index (χ4v) is 3.37. The minimum atomic E-state index is -0.108. The second-order valence-corrected chi connectivity index (χ2v) is 6.97. The van der Waals surface area contributed by atoms with Gasteiger partial charge in [0.1, 0.15) is 0 Å². The lowest BCUT2D eigenvalue weighted by molar-refractivity contribution is -0.117. The molecule has 3 rings (SSSR count). The van der Waals surface area contributed by atoms with Crippen LogP contribution in [0.4, 0.5) is 5.69 Å². The Hall–Kier alpha value is -1.38. The van der Waals surface area contributed by atoms with Gasteiger partial charge in [-0.15, -0.1) is 24.8 Å². The summed E-state index contributed by atoms with van der Waals surface area (Å²) in [6.07, 6.45) is 1.29. The van der Waals surface area contributed by atoms with Crippen LogP contribution < -0.4 is 10.6 Å². The molecule has 1 aromatic carbocycles. The summed E-state index contributed by atoms with van der Waals surface area (Å²) in [5.74, 6) is -0.126. The smallest absolute Gasteiger partial charge is 0.256 e. The lowest BCUT2D eigenvalue weighted by Crippen LogP contribution is -2.43. The van der Waals surface area contributed by atoms with Crippen LogP contribution >= 0.6 is 24.8 Å². The highest BCUT2D eigenvalue weighted by molar-refractivity contribution is 6.03. The molecule has 9 heteroatoms. The summed E-state index contributed by atoms with van der Waals surface area (Å²) in [6, 6.07) is 7.27. The van der Waals surface area contributed by atoms with E-state index in [4.69, 9.17) is 4.74 Å². The number of halogens is 2. The summed E-state index contributed by atoms with van der Waals surface area (Å²) in [5, 5.41) is 6.18. The lowest BCUT2D eigenvalue weighted by Gasteiger charge is -2.24. The minimum Gasteiger partial charge on any atom is -0.378 e. The van der Waals surface area contributed by atoms with E-state index >= 15 is 0 Å². The number of carbonyl (C=O) groups excluding carboxylic acids is 2. The summed E-state index contributed by atoms with van der Waals surface area (Å²) < 4.78 is 5.39. The third-order valence-electron chi connectivity index (χ3n) is 4.87. The molecule has 1 atom stereocenters. The van der Waals surface area contributed by atoms with Crippen LogP contribution in [-0.2, 0) is 9.53 Å². The molecular formula is C19H30Cl2N4O3. The van der Waals surface area contributed by atoms with E-state index in [-0.39, 0.29) is 42.7 Å². The topological polar surface area (TPSA) is 73.9 Å². The first-order chi connectivity index (χ1) is 12.6. The van der Waals surface area contributed by atoms with Crippen molar-refractivity contribution in [3.8, 4) is 0 Å². The third-order valence-corrected chi connectivity index (χ3v) is 4.87. The fourth-order valence-electron chi connectivity index (χ4n) is 3.37. The first kappa shape index (κ1) is 24.7. The molecule has 1 unspecified atom stereocenters. The van der Waals surface area contributed by atoms with Gasteiger partial charge in [0.25, 0.3) is 5.91 Å².